The van der Waals surface area contributed by atoms with Crippen LogP contribution < -0.4 is 15.8 Å². The lowest BCUT2D eigenvalue weighted by Gasteiger charge is -2.26. The van der Waals surface area contributed by atoms with E-state index in [2.05, 4.69) is 71.7 Å². The molecule has 0 saturated heterocycles. The molecule has 1 aromatic heterocycles. The first-order valence-corrected chi connectivity index (χ1v) is 16.3. The van der Waals surface area contributed by atoms with Crippen molar-refractivity contribution >= 4 is 16.6 Å². The van der Waals surface area contributed by atoms with E-state index in [1.165, 1.54) is 11.1 Å². The molecule has 0 fully saturated rings. The Morgan fingerprint density at radius 2 is 1.87 bits per heavy atom. The van der Waals surface area contributed by atoms with Crippen LogP contribution in [0.5, 0.6) is 11.5 Å². The average molecular weight is 608 g/mol. The number of ether oxygens (including phenoxy) is 2. The standard InChI is InChI=1S/C38H45N3O4/c1-2-3-5-10-33-21-32(42)14-11-27-12-15-35(43)36(20-27)45-25-31-19-28(17-26-8-6-4-7-9-26)18-30-22-41(23-34(30)31)38-29(24-44-33)13-16-37(39)40-38/h4,6-9,12-13,15-16,18-20,22-23,32-33,37,40,42-43H,2-3,5,10-11,14,17,21,24-25,39H2,1H3. The third-order valence-corrected chi connectivity index (χ3v) is 8.84. The molecule has 5 N–H and O–H groups in total. The average Bonchev–Trinajstić information content (AvgIpc) is 3.47. The molecule has 0 radical (unpaired) electrons. The van der Waals surface area contributed by atoms with Crippen LogP contribution in [0.25, 0.3) is 16.6 Å². The second kappa shape index (κ2) is 14.4. The van der Waals surface area contributed by atoms with Gasteiger partial charge in [0.25, 0.3) is 0 Å². The summed E-state index contributed by atoms with van der Waals surface area (Å²) in [6, 6.07) is 20.4. The molecule has 3 atom stereocenters. The molecule has 0 amide bonds. The molecule has 6 rings (SSSR count). The summed E-state index contributed by atoms with van der Waals surface area (Å²) in [6.45, 7) is 2.91. The predicted octanol–water partition coefficient (Wildman–Crippen LogP) is 6.79. The molecule has 2 aliphatic heterocycles. The smallest absolute Gasteiger partial charge is 0.161 e. The van der Waals surface area contributed by atoms with Crippen LogP contribution in [-0.4, -0.2) is 39.8 Å². The van der Waals surface area contributed by atoms with E-state index < -0.39 is 6.10 Å². The first-order chi connectivity index (χ1) is 21.9. The number of dihydropyridines is 1. The Labute approximate surface area is 266 Å². The van der Waals surface area contributed by atoms with Crippen LogP contribution in [0.2, 0.25) is 0 Å². The van der Waals surface area contributed by atoms with Gasteiger partial charge in [0.05, 0.1) is 25.0 Å². The van der Waals surface area contributed by atoms with E-state index in [1.807, 2.05) is 24.3 Å². The van der Waals surface area contributed by atoms with Crippen molar-refractivity contribution in [1.82, 2.24) is 9.88 Å². The van der Waals surface area contributed by atoms with Gasteiger partial charge in [0.1, 0.15) is 12.4 Å². The SMILES string of the molecule is CCCCCC1CC(O)CCc2ccc(O)c(c2)OCc2cc(Cc3ccccc3)cc3cn(cc23)C2=C(C=CC(N)N2)CO1. The monoisotopic (exact) mass is 607 g/mol. The maximum atomic E-state index is 11.0. The Morgan fingerprint density at radius 3 is 2.71 bits per heavy atom. The van der Waals surface area contributed by atoms with E-state index in [1.54, 1.807) is 6.07 Å². The molecule has 0 spiro atoms. The molecule has 3 unspecified atom stereocenters. The number of fused-ring (bicyclic) bond motifs is 4. The fourth-order valence-electron chi connectivity index (χ4n) is 6.37. The molecule has 0 saturated carbocycles. The fourth-order valence-corrected chi connectivity index (χ4v) is 6.37. The van der Waals surface area contributed by atoms with Crippen LogP contribution >= 0.6 is 0 Å². The van der Waals surface area contributed by atoms with E-state index in [4.69, 9.17) is 15.2 Å². The summed E-state index contributed by atoms with van der Waals surface area (Å²) in [7, 11) is 0. The number of hydrogen-bond acceptors (Lipinski definition) is 6. The minimum Gasteiger partial charge on any atom is -0.504 e. The van der Waals surface area contributed by atoms with E-state index >= 15 is 0 Å². The molecule has 7 nitrogen and oxygen atoms in total. The van der Waals surface area contributed by atoms with Crippen LogP contribution in [0.15, 0.2) is 90.8 Å². The van der Waals surface area contributed by atoms with Gasteiger partial charge in [0, 0.05) is 28.7 Å². The van der Waals surface area contributed by atoms with Crippen LogP contribution in [-0.2, 0) is 24.2 Å². The van der Waals surface area contributed by atoms with Crippen LogP contribution in [0.4, 0.5) is 0 Å². The topological polar surface area (TPSA) is 102 Å². The van der Waals surface area contributed by atoms with Gasteiger partial charge in [-0.1, -0.05) is 74.7 Å². The minimum atomic E-state index is -0.497. The predicted molar refractivity (Wildman–Crippen MR) is 180 cm³/mol. The number of nitrogens with zero attached hydrogens (tertiary/aromatic N) is 1. The molecule has 2 aliphatic rings. The highest BCUT2D eigenvalue weighted by molar-refractivity contribution is 5.88. The largest absolute Gasteiger partial charge is 0.504 e. The van der Waals surface area contributed by atoms with Crippen molar-refractivity contribution in [1.29, 1.82) is 0 Å². The molecule has 236 valence electrons. The summed E-state index contributed by atoms with van der Waals surface area (Å²) in [6.07, 6.45) is 14.3. The third kappa shape index (κ3) is 7.79. The number of aliphatic hydroxyl groups is 1. The van der Waals surface area contributed by atoms with Crippen molar-refractivity contribution in [3.63, 3.8) is 0 Å². The van der Waals surface area contributed by atoms with E-state index in [0.717, 1.165) is 65.4 Å². The van der Waals surface area contributed by atoms with Gasteiger partial charge < -0.3 is 35.3 Å². The summed E-state index contributed by atoms with van der Waals surface area (Å²) in [5.74, 6) is 1.44. The highest BCUT2D eigenvalue weighted by Gasteiger charge is 2.21. The lowest BCUT2D eigenvalue weighted by atomic mass is 9.99. The number of benzene rings is 3. The van der Waals surface area contributed by atoms with Gasteiger partial charge in [-0.25, -0.2) is 0 Å². The van der Waals surface area contributed by atoms with Gasteiger partial charge in [0.15, 0.2) is 11.5 Å². The second-order valence-corrected chi connectivity index (χ2v) is 12.4. The number of unbranched alkanes of at least 4 members (excludes halogenated alkanes) is 2. The van der Waals surface area contributed by atoms with Gasteiger partial charge in [-0.05, 0) is 78.6 Å². The lowest BCUT2D eigenvalue weighted by Crippen LogP contribution is -2.38. The summed E-state index contributed by atoms with van der Waals surface area (Å²) < 4.78 is 15.0. The number of phenolic OH excluding ortho intramolecular Hbond substituents is 1. The Bertz CT molecular complexity index is 1660. The van der Waals surface area contributed by atoms with E-state index in [0.29, 0.717) is 38.2 Å². The normalized spacial score (nSPS) is 20.7. The Morgan fingerprint density at radius 1 is 1.00 bits per heavy atom. The van der Waals surface area contributed by atoms with Crippen molar-refractivity contribution in [3.8, 4) is 11.5 Å². The van der Waals surface area contributed by atoms with Crippen molar-refractivity contribution < 1.29 is 19.7 Å². The number of aliphatic hydroxyl groups excluding tert-OH is 1. The molecule has 4 bridgehead atoms. The summed E-state index contributed by atoms with van der Waals surface area (Å²) in [4.78, 5) is 0. The van der Waals surface area contributed by atoms with Gasteiger partial charge in [-0.2, -0.15) is 0 Å². The third-order valence-electron chi connectivity index (χ3n) is 8.84. The maximum Gasteiger partial charge on any atom is 0.161 e. The number of phenols is 1. The highest BCUT2D eigenvalue weighted by Crippen LogP contribution is 2.32. The number of aromatic nitrogens is 1. The quantitative estimate of drug-likeness (QED) is 0.180. The van der Waals surface area contributed by atoms with Gasteiger partial charge in [-0.3, -0.25) is 0 Å². The zero-order valence-corrected chi connectivity index (χ0v) is 26.1. The number of nitrogens with one attached hydrogen (secondary N) is 1. The molecule has 3 heterocycles. The zero-order valence-electron chi connectivity index (χ0n) is 26.1. The second-order valence-electron chi connectivity index (χ2n) is 12.4. The van der Waals surface area contributed by atoms with E-state index in [-0.39, 0.29) is 18.0 Å². The molecule has 45 heavy (non-hydrogen) atoms. The van der Waals surface area contributed by atoms with Crippen LogP contribution in [0, 0.1) is 0 Å². The number of aryl methyl sites for hydroxylation is 1. The van der Waals surface area contributed by atoms with E-state index in [9.17, 15) is 10.2 Å². The molecule has 0 aliphatic carbocycles. The zero-order chi connectivity index (χ0) is 31.2. The summed E-state index contributed by atoms with van der Waals surface area (Å²) >= 11 is 0. The van der Waals surface area contributed by atoms with Crippen molar-refractivity contribution in [2.75, 3.05) is 6.61 Å². The molecule has 7 heteroatoms. The molecule has 4 aromatic rings. The highest BCUT2D eigenvalue weighted by atomic mass is 16.5. The molecule has 3 aromatic carbocycles. The first kappa shape index (κ1) is 31.0. The molecular formula is C38H45N3O4. The Kier molecular flexibility index (Phi) is 9.89. The summed E-state index contributed by atoms with van der Waals surface area (Å²) in [5, 5.41) is 27.4. The van der Waals surface area contributed by atoms with Crippen LogP contribution in [0.3, 0.4) is 0 Å². The Hall–Kier alpha value is -4.04. The number of rotatable bonds is 6. The first-order valence-electron chi connectivity index (χ1n) is 16.3. The number of nitrogens with two attached hydrogens (primary N) is 1. The number of hydrogen-bond donors (Lipinski definition) is 4. The van der Waals surface area contributed by atoms with Gasteiger partial charge in [0.2, 0.25) is 0 Å². The lowest BCUT2D eigenvalue weighted by molar-refractivity contribution is 0.0172. The van der Waals surface area contributed by atoms with Crippen molar-refractivity contribution in [3.05, 3.63) is 113 Å². The van der Waals surface area contributed by atoms with Gasteiger partial charge >= 0.3 is 0 Å². The Balaban J connectivity index is 1.42. The maximum absolute atomic E-state index is 11.0. The van der Waals surface area contributed by atoms with Crippen molar-refractivity contribution in [2.24, 2.45) is 5.73 Å². The summed E-state index contributed by atoms with van der Waals surface area (Å²) in [5.41, 5.74) is 11.8. The fraction of sp³-hybridized carbons (Fsp3) is 0.368. The van der Waals surface area contributed by atoms with Gasteiger partial charge in [-0.15, -0.1) is 0 Å². The van der Waals surface area contributed by atoms with Crippen molar-refractivity contribution in [2.45, 2.75) is 83.3 Å². The molecular weight excluding hydrogens is 562 g/mol. The number of aromatic hydroxyl groups is 1. The van der Waals surface area contributed by atoms with Crippen LogP contribution in [0.1, 0.15) is 67.7 Å². The minimum absolute atomic E-state index is 0.0576.